The minimum absolute atomic E-state index is 0.415. The molecular weight excluding hydrogens is 334 g/mol. The molecule has 0 aliphatic carbocycles. The van der Waals surface area contributed by atoms with Crippen LogP contribution < -0.4 is 10.2 Å². The number of allylic oxidation sites excluding steroid dienone is 1. The van der Waals surface area contributed by atoms with E-state index >= 15 is 0 Å². The highest BCUT2D eigenvalue weighted by molar-refractivity contribution is 5.79. The monoisotopic (exact) mass is 364 g/mol. The zero-order valence-electron chi connectivity index (χ0n) is 15.8. The first-order chi connectivity index (χ1) is 12.5. The molecule has 4 nitrogen and oxygen atoms in total. The molecule has 2 rings (SSSR count). The Labute approximate surface area is 155 Å². The summed E-state index contributed by atoms with van der Waals surface area (Å²) in [5.74, 6) is -0.260. The van der Waals surface area contributed by atoms with E-state index in [1.54, 1.807) is 6.07 Å². The van der Waals surface area contributed by atoms with Crippen LogP contribution in [0.3, 0.4) is 0 Å². The highest BCUT2D eigenvalue weighted by atomic mass is 19.2. The van der Waals surface area contributed by atoms with E-state index in [-0.39, 0.29) is 0 Å². The van der Waals surface area contributed by atoms with Crippen molar-refractivity contribution in [1.82, 2.24) is 10.2 Å². The SMILES string of the molecule is C=CCCCN(C)C(=NCC1CCN(c2ccc(F)c(F)c2)C1)NCC. The number of nitrogens with one attached hydrogen (secondary N) is 1. The van der Waals surface area contributed by atoms with Crippen LogP contribution in [0.4, 0.5) is 14.5 Å². The van der Waals surface area contributed by atoms with Crippen molar-refractivity contribution in [2.24, 2.45) is 10.9 Å². The van der Waals surface area contributed by atoms with Gasteiger partial charge in [-0.1, -0.05) is 6.08 Å². The summed E-state index contributed by atoms with van der Waals surface area (Å²) in [5.41, 5.74) is 0.740. The summed E-state index contributed by atoms with van der Waals surface area (Å²) in [5, 5.41) is 3.34. The van der Waals surface area contributed by atoms with Crippen LogP contribution in [0.25, 0.3) is 0 Å². The lowest BCUT2D eigenvalue weighted by molar-refractivity contribution is 0.466. The number of benzene rings is 1. The number of nitrogens with zero attached hydrogens (tertiary/aromatic N) is 3. The van der Waals surface area contributed by atoms with Gasteiger partial charge >= 0.3 is 0 Å². The lowest BCUT2D eigenvalue weighted by atomic mass is 10.1. The minimum Gasteiger partial charge on any atom is -0.371 e. The molecule has 0 saturated carbocycles. The molecule has 1 atom stereocenters. The fourth-order valence-electron chi connectivity index (χ4n) is 3.16. The van der Waals surface area contributed by atoms with E-state index in [1.807, 2.05) is 13.1 Å². The summed E-state index contributed by atoms with van der Waals surface area (Å²) in [4.78, 5) is 9.03. The third-order valence-electron chi connectivity index (χ3n) is 4.65. The molecule has 0 amide bonds. The lowest BCUT2D eigenvalue weighted by Gasteiger charge is -2.22. The fourth-order valence-corrected chi connectivity index (χ4v) is 3.16. The van der Waals surface area contributed by atoms with E-state index < -0.39 is 11.6 Å². The largest absolute Gasteiger partial charge is 0.371 e. The van der Waals surface area contributed by atoms with Gasteiger partial charge in [0, 0.05) is 51.5 Å². The van der Waals surface area contributed by atoms with Crippen LogP contribution in [0.1, 0.15) is 26.2 Å². The molecular formula is C20H30F2N4. The summed E-state index contributed by atoms with van der Waals surface area (Å²) in [6.45, 7) is 9.97. The van der Waals surface area contributed by atoms with Gasteiger partial charge in [0.15, 0.2) is 17.6 Å². The summed E-state index contributed by atoms with van der Waals surface area (Å²) < 4.78 is 26.5. The van der Waals surface area contributed by atoms with Crippen LogP contribution in [0, 0.1) is 17.6 Å². The molecule has 26 heavy (non-hydrogen) atoms. The second-order valence-electron chi connectivity index (χ2n) is 6.75. The van der Waals surface area contributed by atoms with Crippen LogP contribution in [0.2, 0.25) is 0 Å². The van der Waals surface area contributed by atoms with E-state index in [1.165, 1.54) is 12.1 Å². The Bertz CT molecular complexity index is 618. The molecule has 144 valence electrons. The van der Waals surface area contributed by atoms with Crippen LogP contribution in [0.15, 0.2) is 35.8 Å². The van der Waals surface area contributed by atoms with Crippen molar-refractivity contribution in [3.05, 3.63) is 42.5 Å². The van der Waals surface area contributed by atoms with Crippen LogP contribution in [0.5, 0.6) is 0 Å². The van der Waals surface area contributed by atoms with E-state index in [2.05, 4.69) is 28.6 Å². The zero-order chi connectivity index (χ0) is 18.9. The van der Waals surface area contributed by atoms with Crippen LogP contribution in [-0.2, 0) is 0 Å². The van der Waals surface area contributed by atoms with Crippen molar-refractivity contribution in [1.29, 1.82) is 0 Å². The van der Waals surface area contributed by atoms with Gasteiger partial charge in [-0.2, -0.15) is 0 Å². The molecule has 0 radical (unpaired) electrons. The Hall–Kier alpha value is -2.11. The third-order valence-corrected chi connectivity index (χ3v) is 4.65. The number of aliphatic imine (C=N–C) groups is 1. The Morgan fingerprint density at radius 3 is 2.92 bits per heavy atom. The highest BCUT2D eigenvalue weighted by Gasteiger charge is 2.23. The van der Waals surface area contributed by atoms with Crippen molar-refractivity contribution in [2.45, 2.75) is 26.2 Å². The first-order valence-corrected chi connectivity index (χ1v) is 9.35. The zero-order valence-corrected chi connectivity index (χ0v) is 15.8. The number of rotatable bonds is 8. The van der Waals surface area contributed by atoms with E-state index in [0.29, 0.717) is 5.92 Å². The van der Waals surface area contributed by atoms with E-state index in [4.69, 9.17) is 4.99 Å². The molecule has 1 saturated heterocycles. The number of hydrogen-bond acceptors (Lipinski definition) is 2. The van der Waals surface area contributed by atoms with Gasteiger partial charge < -0.3 is 15.1 Å². The first kappa shape index (κ1) is 20.2. The van der Waals surface area contributed by atoms with Gasteiger partial charge in [-0.15, -0.1) is 6.58 Å². The van der Waals surface area contributed by atoms with Gasteiger partial charge in [0.25, 0.3) is 0 Å². The average molecular weight is 364 g/mol. The van der Waals surface area contributed by atoms with Crippen LogP contribution in [-0.4, -0.2) is 50.6 Å². The fraction of sp³-hybridized carbons (Fsp3) is 0.550. The lowest BCUT2D eigenvalue weighted by Crippen LogP contribution is -2.39. The van der Waals surface area contributed by atoms with Gasteiger partial charge in [0.2, 0.25) is 0 Å². The van der Waals surface area contributed by atoms with Gasteiger partial charge in [0.05, 0.1) is 0 Å². The van der Waals surface area contributed by atoms with Crippen molar-refractivity contribution < 1.29 is 8.78 Å². The van der Waals surface area contributed by atoms with E-state index in [9.17, 15) is 8.78 Å². The van der Waals surface area contributed by atoms with Crippen molar-refractivity contribution in [3.8, 4) is 0 Å². The molecule has 6 heteroatoms. The minimum atomic E-state index is -0.802. The summed E-state index contributed by atoms with van der Waals surface area (Å²) in [7, 11) is 2.05. The van der Waals surface area contributed by atoms with Crippen molar-refractivity contribution >= 4 is 11.6 Å². The van der Waals surface area contributed by atoms with Gasteiger partial charge in [0.1, 0.15) is 0 Å². The normalized spacial score (nSPS) is 17.5. The molecule has 0 aromatic heterocycles. The molecule has 1 heterocycles. The second kappa shape index (κ2) is 10.1. The maximum atomic E-state index is 13.4. The molecule has 1 aliphatic rings. The second-order valence-corrected chi connectivity index (χ2v) is 6.75. The molecule has 1 unspecified atom stereocenters. The Morgan fingerprint density at radius 2 is 2.23 bits per heavy atom. The molecule has 1 N–H and O–H groups in total. The number of hydrogen-bond donors (Lipinski definition) is 1. The van der Waals surface area contributed by atoms with Crippen LogP contribution >= 0.6 is 0 Å². The predicted molar refractivity (Wildman–Crippen MR) is 105 cm³/mol. The Morgan fingerprint density at radius 1 is 1.42 bits per heavy atom. The number of unbranched alkanes of at least 4 members (excludes halogenated alkanes) is 1. The average Bonchev–Trinajstić information content (AvgIpc) is 3.10. The Balaban J connectivity index is 1.91. The molecule has 1 aromatic carbocycles. The highest BCUT2D eigenvalue weighted by Crippen LogP contribution is 2.25. The van der Waals surface area contributed by atoms with Crippen molar-refractivity contribution in [2.75, 3.05) is 44.7 Å². The molecule has 1 aliphatic heterocycles. The number of anilines is 1. The third kappa shape index (κ3) is 5.71. The van der Waals surface area contributed by atoms with Crippen molar-refractivity contribution in [3.63, 3.8) is 0 Å². The maximum Gasteiger partial charge on any atom is 0.193 e. The summed E-state index contributed by atoms with van der Waals surface area (Å²) in [6.07, 6.45) is 4.98. The van der Waals surface area contributed by atoms with Gasteiger partial charge in [-0.25, -0.2) is 8.78 Å². The molecule has 1 aromatic rings. The molecule has 0 spiro atoms. The number of halogens is 2. The smallest absolute Gasteiger partial charge is 0.193 e. The van der Waals surface area contributed by atoms with E-state index in [0.717, 1.165) is 63.6 Å². The standard InChI is InChI=1S/C20H30F2N4/c1-4-6-7-11-25(3)20(23-5-2)24-14-16-10-12-26(15-16)17-8-9-18(21)19(22)13-17/h4,8-9,13,16H,1,5-7,10-12,14-15H2,2-3H3,(H,23,24). The topological polar surface area (TPSA) is 30.9 Å². The first-order valence-electron chi connectivity index (χ1n) is 9.35. The summed E-state index contributed by atoms with van der Waals surface area (Å²) in [6, 6.07) is 4.11. The van der Waals surface area contributed by atoms with Gasteiger partial charge in [-0.3, -0.25) is 4.99 Å². The predicted octanol–water partition coefficient (Wildman–Crippen LogP) is 3.65. The van der Waals surface area contributed by atoms with Gasteiger partial charge in [-0.05, 0) is 44.2 Å². The quantitative estimate of drug-likeness (QED) is 0.331. The molecule has 1 fully saturated rings. The molecule has 0 bridgehead atoms. The summed E-state index contributed by atoms with van der Waals surface area (Å²) >= 11 is 0. The maximum absolute atomic E-state index is 13.4. The Kier molecular flexibility index (Phi) is 7.88. The number of guanidine groups is 1.